The van der Waals surface area contributed by atoms with Crippen molar-refractivity contribution in [1.82, 2.24) is 5.43 Å². The molecule has 24 heavy (non-hydrogen) atoms. The average molecular weight is 327 g/mol. The van der Waals surface area contributed by atoms with Gasteiger partial charge in [0.15, 0.2) is 11.5 Å². The van der Waals surface area contributed by atoms with Gasteiger partial charge in [0.2, 0.25) is 6.79 Å². The largest absolute Gasteiger partial charge is 0.454 e. The van der Waals surface area contributed by atoms with Gasteiger partial charge in [-0.3, -0.25) is 14.9 Å². The molecule has 1 aliphatic heterocycles. The summed E-state index contributed by atoms with van der Waals surface area (Å²) < 4.78 is 10.4. The molecule has 0 saturated carbocycles. The third-order valence-electron chi connectivity index (χ3n) is 3.46. The van der Waals surface area contributed by atoms with Gasteiger partial charge in [0.25, 0.3) is 11.6 Å². The lowest BCUT2D eigenvalue weighted by molar-refractivity contribution is -0.384. The van der Waals surface area contributed by atoms with Crippen LogP contribution in [0.15, 0.2) is 47.6 Å². The van der Waals surface area contributed by atoms with E-state index < -0.39 is 10.8 Å². The number of nitrogens with zero attached hydrogens (tertiary/aromatic N) is 2. The Morgan fingerprint density at radius 3 is 2.50 bits per heavy atom. The Morgan fingerprint density at radius 2 is 1.79 bits per heavy atom. The van der Waals surface area contributed by atoms with Crippen molar-refractivity contribution in [2.45, 2.75) is 6.92 Å². The number of nitro groups is 1. The Hall–Kier alpha value is -3.42. The summed E-state index contributed by atoms with van der Waals surface area (Å²) in [4.78, 5) is 22.3. The number of ether oxygens (including phenoxy) is 2. The Labute approximate surface area is 136 Å². The van der Waals surface area contributed by atoms with Crippen LogP contribution in [0.4, 0.5) is 5.69 Å². The second-order valence-corrected chi connectivity index (χ2v) is 5.01. The van der Waals surface area contributed by atoms with E-state index in [-0.39, 0.29) is 12.5 Å². The number of benzene rings is 2. The van der Waals surface area contributed by atoms with Gasteiger partial charge in [-0.05, 0) is 42.8 Å². The molecular formula is C16H13N3O5. The minimum atomic E-state index is -0.475. The maximum absolute atomic E-state index is 12.1. The van der Waals surface area contributed by atoms with E-state index in [4.69, 9.17) is 9.47 Å². The van der Waals surface area contributed by atoms with Crippen molar-refractivity contribution < 1.29 is 19.2 Å². The van der Waals surface area contributed by atoms with Crippen LogP contribution in [-0.4, -0.2) is 23.3 Å². The van der Waals surface area contributed by atoms with Gasteiger partial charge in [-0.1, -0.05) is 0 Å². The molecule has 0 unspecified atom stereocenters. The number of nitrogens with one attached hydrogen (secondary N) is 1. The second-order valence-electron chi connectivity index (χ2n) is 5.01. The van der Waals surface area contributed by atoms with Crippen molar-refractivity contribution >= 4 is 17.3 Å². The van der Waals surface area contributed by atoms with Gasteiger partial charge in [0, 0.05) is 17.7 Å². The molecule has 0 aliphatic carbocycles. The second kappa shape index (κ2) is 6.37. The van der Waals surface area contributed by atoms with E-state index >= 15 is 0 Å². The van der Waals surface area contributed by atoms with Gasteiger partial charge in [-0.2, -0.15) is 5.10 Å². The fraction of sp³-hybridized carbons (Fsp3) is 0.125. The average Bonchev–Trinajstić information content (AvgIpc) is 3.07. The summed E-state index contributed by atoms with van der Waals surface area (Å²) in [5.41, 5.74) is 4.03. The van der Waals surface area contributed by atoms with Crippen molar-refractivity contribution in [2.75, 3.05) is 6.79 Å². The molecule has 2 aromatic rings. The highest BCUT2D eigenvalue weighted by atomic mass is 16.7. The predicted octanol–water partition coefficient (Wildman–Crippen LogP) is 2.48. The van der Waals surface area contributed by atoms with Gasteiger partial charge < -0.3 is 9.47 Å². The van der Waals surface area contributed by atoms with E-state index in [1.165, 1.54) is 12.1 Å². The molecule has 8 nitrogen and oxygen atoms in total. The minimum absolute atomic E-state index is 0.00375. The molecule has 1 N–H and O–H groups in total. The van der Waals surface area contributed by atoms with Crippen molar-refractivity contribution in [1.29, 1.82) is 0 Å². The molecule has 0 saturated heterocycles. The number of carbonyl (C=O) groups excluding carboxylic acids is 1. The molecule has 3 rings (SSSR count). The van der Waals surface area contributed by atoms with Crippen LogP contribution >= 0.6 is 0 Å². The summed E-state index contributed by atoms with van der Waals surface area (Å²) in [7, 11) is 0. The van der Waals surface area contributed by atoms with Crippen LogP contribution < -0.4 is 14.9 Å². The molecule has 1 amide bonds. The zero-order chi connectivity index (χ0) is 17.1. The van der Waals surface area contributed by atoms with Gasteiger partial charge in [0.1, 0.15) is 0 Å². The SMILES string of the molecule is C/C(=N/NC(=O)c1ccc2c(c1)OCO2)c1ccc([N+](=O)[O-])cc1. The third-order valence-corrected chi connectivity index (χ3v) is 3.46. The highest BCUT2D eigenvalue weighted by Crippen LogP contribution is 2.32. The first-order chi connectivity index (χ1) is 11.5. The van der Waals surface area contributed by atoms with Crippen molar-refractivity contribution in [3.63, 3.8) is 0 Å². The summed E-state index contributed by atoms with van der Waals surface area (Å²) in [6.07, 6.45) is 0. The number of hydrogen-bond donors (Lipinski definition) is 1. The number of nitro benzene ring substituents is 1. The molecule has 0 bridgehead atoms. The number of amides is 1. The molecule has 8 heteroatoms. The van der Waals surface area contributed by atoms with Crippen LogP contribution in [0.3, 0.4) is 0 Å². The van der Waals surface area contributed by atoms with E-state index in [1.54, 1.807) is 37.3 Å². The fourth-order valence-electron chi connectivity index (χ4n) is 2.13. The molecule has 0 atom stereocenters. The molecule has 1 aliphatic rings. The summed E-state index contributed by atoms with van der Waals surface area (Å²) >= 11 is 0. The monoisotopic (exact) mass is 327 g/mol. The van der Waals surface area contributed by atoms with Gasteiger partial charge in [-0.15, -0.1) is 0 Å². The smallest absolute Gasteiger partial charge is 0.271 e. The number of non-ortho nitro benzene ring substituents is 1. The fourth-order valence-corrected chi connectivity index (χ4v) is 2.13. The number of fused-ring (bicyclic) bond motifs is 1. The molecule has 0 spiro atoms. The van der Waals surface area contributed by atoms with E-state index in [9.17, 15) is 14.9 Å². The Balaban J connectivity index is 1.70. The van der Waals surface area contributed by atoms with Crippen molar-refractivity contribution in [3.8, 4) is 11.5 Å². The Kier molecular flexibility index (Phi) is 4.11. The van der Waals surface area contributed by atoms with E-state index in [1.807, 2.05) is 0 Å². The molecule has 122 valence electrons. The van der Waals surface area contributed by atoms with E-state index in [2.05, 4.69) is 10.5 Å². The van der Waals surface area contributed by atoms with Crippen LogP contribution in [0.5, 0.6) is 11.5 Å². The number of hydrogen-bond acceptors (Lipinski definition) is 6. The van der Waals surface area contributed by atoms with Crippen LogP contribution in [0.25, 0.3) is 0 Å². The quantitative estimate of drug-likeness (QED) is 0.528. The lowest BCUT2D eigenvalue weighted by Crippen LogP contribution is -2.19. The summed E-state index contributed by atoms with van der Waals surface area (Å²) in [6, 6.07) is 10.8. The molecule has 1 heterocycles. The number of rotatable bonds is 4. The molecule has 0 fully saturated rings. The zero-order valence-electron chi connectivity index (χ0n) is 12.7. The van der Waals surface area contributed by atoms with Gasteiger partial charge >= 0.3 is 0 Å². The minimum Gasteiger partial charge on any atom is -0.454 e. The third kappa shape index (κ3) is 3.17. The van der Waals surface area contributed by atoms with Crippen LogP contribution in [-0.2, 0) is 0 Å². The van der Waals surface area contributed by atoms with Crippen LogP contribution in [0.1, 0.15) is 22.8 Å². The van der Waals surface area contributed by atoms with Crippen LogP contribution in [0.2, 0.25) is 0 Å². The summed E-state index contributed by atoms with van der Waals surface area (Å²) in [6.45, 7) is 1.83. The maximum Gasteiger partial charge on any atom is 0.271 e. The lowest BCUT2D eigenvalue weighted by Gasteiger charge is -2.04. The normalized spacial score (nSPS) is 12.8. The zero-order valence-corrected chi connectivity index (χ0v) is 12.7. The molecule has 0 radical (unpaired) electrons. The van der Waals surface area contributed by atoms with Crippen molar-refractivity contribution in [2.24, 2.45) is 5.10 Å². The lowest BCUT2D eigenvalue weighted by atomic mass is 10.1. The summed E-state index contributed by atoms with van der Waals surface area (Å²) in [5, 5.41) is 14.6. The first kappa shape index (κ1) is 15.5. The highest BCUT2D eigenvalue weighted by molar-refractivity contribution is 6.01. The molecule has 0 aromatic heterocycles. The van der Waals surface area contributed by atoms with E-state index in [0.717, 1.165) is 0 Å². The Morgan fingerprint density at radius 1 is 1.12 bits per heavy atom. The number of carbonyl (C=O) groups is 1. The molecular weight excluding hydrogens is 314 g/mol. The maximum atomic E-state index is 12.1. The van der Waals surface area contributed by atoms with Gasteiger partial charge in [0.05, 0.1) is 10.6 Å². The van der Waals surface area contributed by atoms with Crippen LogP contribution in [0, 0.1) is 10.1 Å². The Bertz CT molecular complexity index is 830. The van der Waals surface area contributed by atoms with Crippen molar-refractivity contribution in [3.05, 3.63) is 63.7 Å². The van der Waals surface area contributed by atoms with Gasteiger partial charge in [-0.25, -0.2) is 5.43 Å². The first-order valence-electron chi connectivity index (χ1n) is 7.04. The summed E-state index contributed by atoms with van der Waals surface area (Å²) in [5.74, 6) is 0.713. The standard InChI is InChI=1S/C16H13N3O5/c1-10(11-2-5-13(6-3-11)19(21)22)17-18-16(20)12-4-7-14-15(8-12)24-9-23-14/h2-8H,9H2,1H3,(H,18,20)/b17-10-. The molecule has 2 aromatic carbocycles. The first-order valence-corrected chi connectivity index (χ1v) is 7.04. The topological polar surface area (TPSA) is 103 Å². The number of hydrazone groups is 1. The predicted molar refractivity (Wildman–Crippen MR) is 85.3 cm³/mol. The highest BCUT2D eigenvalue weighted by Gasteiger charge is 2.16. The van der Waals surface area contributed by atoms with E-state index in [0.29, 0.717) is 28.3 Å².